The van der Waals surface area contributed by atoms with Crippen LogP contribution in [-0.4, -0.2) is 52.8 Å². The number of hydrogen-bond acceptors (Lipinski definition) is 3. The lowest BCUT2D eigenvalue weighted by atomic mass is 9.99. The number of carbonyl (C=O) groups is 2. The summed E-state index contributed by atoms with van der Waals surface area (Å²) in [5, 5.41) is 0. The van der Waals surface area contributed by atoms with E-state index in [1.807, 2.05) is 9.80 Å². The van der Waals surface area contributed by atoms with Crippen LogP contribution in [0.4, 0.5) is 0 Å². The average molecular weight is 329 g/mol. The Labute approximate surface area is 144 Å². The summed E-state index contributed by atoms with van der Waals surface area (Å²) in [6, 6.07) is 1.72. The first-order valence-corrected chi connectivity index (χ1v) is 9.08. The molecule has 2 aliphatic rings. The number of pyridine rings is 1. The summed E-state index contributed by atoms with van der Waals surface area (Å²) in [4.78, 5) is 33.4. The van der Waals surface area contributed by atoms with Crippen LogP contribution in [0.3, 0.4) is 0 Å². The van der Waals surface area contributed by atoms with Gasteiger partial charge in [0, 0.05) is 38.6 Å². The van der Waals surface area contributed by atoms with Gasteiger partial charge in [0.05, 0.1) is 11.1 Å². The van der Waals surface area contributed by atoms with E-state index in [9.17, 15) is 9.59 Å². The molecule has 2 atom stereocenters. The van der Waals surface area contributed by atoms with Crippen LogP contribution in [0.15, 0.2) is 18.5 Å². The highest BCUT2D eigenvalue weighted by Gasteiger charge is 2.25. The van der Waals surface area contributed by atoms with Gasteiger partial charge in [-0.05, 0) is 43.6 Å². The van der Waals surface area contributed by atoms with E-state index in [1.54, 1.807) is 18.5 Å². The van der Waals surface area contributed by atoms with Gasteiger partial charge >= 0.3 is 0 Å². The predicted octanol–water partition coefficient (Wildman–Crippen LogP) is 2.83. The third-order valence-electron chi connectivity index (χ3n) is 5.12. The smallest absolute Gasteiger partial charge is 0.255 e. The molecular formula is C19H27N3O2. The van der Waals surface area contributed by atoms with Gasteiger partial charge in [0.25, 0.3) is 11.8 Å². The number of nitrogens with zero attached hydrogens (tertiary/aromatic N) is 3. The zero-order valence-corrected chi connectivity index (χ0v) is 14.7. The Morgan fingerprint density at radius 3 is 1.79 bits per heavy atom. The van der Waals surface area contributed by atoms with Crippen LogP contribution >= 0.6 is 0 Å². The molecule has 0 N–H and O–H groups in total. The van der Waals surface area contributed by atoms with Gasteiger partial charge in [-0.2, -0.15) is 0 Å². The van der Waals surface area contributed by atoms with Crippen LogP contribution in [0.1, 0.15) is 60.2 Å². The molecule has 130 valence electrons. The number of hydrogen-bond donors (Lipinski definition) is 0. The summed E-state index contributed by atoms with van der Waals surface area (Å²) in [6.45, 7) is 7.53. The summed E-state index contributed by atoms with van der Waals surface area (Å²) in [5.41, 5.74) is 1.06. The fourth-order valence-corrected chi connectivity index (χ4v) is 3.79. The van der Waals surface area contributed by atoms with Crippen molar-refractivity contribution in [3.05, 3.63) is 29.6 Å². The van der Waals surface area contributed by atoms with Crippen LogP contribution in [-0.2, 0) is 0 Å². The second-order valence-electron chi connectivity index (χ2n) is 7.46. The quantitative estimate of drug-likeness (QED) is 0.838. The lowest BCUT2D eigenvalue weighted by Crippen LogP contribution is -2.40. The highest BCUT2D eigenvalue weighted by atomic mass is 16.2. The molecule has 0 radical (unpaired) electrons. The molecule has 0 aliphatic carbocycles. The number of carbonyl (C=O) groups excluding carboxylic acids is 2. The van der Waals surface area contributed by atoms with Crippen LogP contribution in [0.5, 0.6) is 0 Å². The molecular weight excluding hydrogens is 302 g/mol. The van der Waals surface area contributed by atoms with Crippen molar-refractivity contribution < 1.29 is 9.59 Å². The molecule has 3 rings (SSSR count). The third-order valence-corrected chi connectivity index (χ3v) is 5.12. The zero-order valence-electron chi connectivity index (χ0n) is 14.7. The minimum absolute atomic E-state index is 0.00397. The summed E-state index contributed by atoms with van der Waals surface area (Å²) in [7, 11) is 0. The standard InChI is InChI=1S/C19H27N3O2/c1-14-5-3-7-21(12-14)18(23)16-9-17(11-20-10-16)19(24)22-8-4-6-15(2)13-22/h9-11,14-15H,3-8,12-13H2,1-2H3. The van der Waals surface area contributed by atoms with Gasteiger partial charge in [0.15, 0.2) is 0 Å². The number of amides is 2. The highest BCUT2D eigenvalue weighted by molar-refractivity contribution is 5.99. The van der Waals surface area contributed by atoms with Gasteiger partial charge in [-0.1, -0.05) is 13.8 Å². The summed E-state index contributed by atoms with van der Waals surface area (Å²) >= 11 is 0. The Balaban J connectivity index is 1.73. The molecule has 2 saturated heterocycles. The number of aromatic nitrogens is 1. The molecule has 0 spiro atoms. The molecule has 0 saturated carbocycles. The van der Waals surface area contributed by atoms with Gasteiger partial charge in [-0.3, -0.25) is 14.6 Å². The molecule has 1 aromatic heterocycles. The Morgan fingerprint density at radius 1 is 0.917 bits per heavy atom. The van der Waals surface area contributed by atoms with Crippen molar-refractivity contribution >= 4 is 11.8 Å². The van der Waals surface area contributed by atoms with E-state index < -0.39 is 0 Å². The van der Waals surface area contributed by atoms with Crippen molar-refractivity contribution in [1.82, 2.24) is 14.8 Å². The summed E-state index contributed by atoms with van der Waals surface area (Å²) < 4.78 is 0. The fraction of sp³-hybridized carbons (Fsp3) is 0.632. The molecule has 5 nitrogen and oxygen atoms in total. The zero-order chi connectivity index (χ0) is 17.1. The molecule has 0 bridgehead atoms. The maximum Gasteiger partial charge on any atom is 0.255 e. The molecule has 1 aromatic rings. The maximum atomic E-state index is 12.7. The average Bonchev–Trinajstić information content (AvgIpc) is 2.60. The minimum Gasteiger partial charge on any atom is -0.338 e. The Kier molecular flexibility index (Phi) is 5.17. The van der Waals surface area contributed by atoms with Gasteiger partial charge < -0.3 is 9.80 Å². The van der Waals surface area contributed by atoms with E-state index in [1.165, 1.54) is 12.8 Å². The van der Waals surface area contributed by atoms with Crippen LogP contribution < -0.4 is 0 Å². The van der Waals surface area contributed by atoms with Crippen molar-refractivity contribution in [2.45, 2.75) is 39.5 Å². The first-order valence-electron chi connectivity index (χ1n) is 9.08. The molecule has 3 heterocycles. The van der Waals surface area contributed by atoms with Crippen molar-refractivity contribution in [3.8, 4) is 0 Å². The highest BCUT2D eigenvalue weighted by Crippen LogP contribution is 2.20. The summed E-state index contributed by atoms with van der Waals surface area (Å²) in [5.74, 6) is 1.07. The van der Waals surface area contributed by atoms with Crippen LogP contribution in [0, 0.1) is 11.8 Å². The van der Waals surface area contributed by atoms with E-state index in [0.29, 0.717) is 23.0 Å². The number of piperidine rings is 2. The van der Waals surface area contributed by atoms with E-state index in [0.717, 1.165) is 39.0 Å². The fourth-order valence-electron chi connectivity index (χ4n) is 3.79. The molecule has 2 amide bonds. The minimum atomic E-state index is -0.00397. The van der Waals surface area contributed by atoms with Crippen molar-refractivity contribution in [2.24, 2.45) is 11.8 Å². The van der Waals surface area contributed by atoms with E-state index >= 15 is 0 Å². The largest absolute Gasteiger partial charge is 0.338 e. The van der Waals surface area contributed by atoms with Gasteiger partial charge in [0.2, 0.25) is 0 Å². The molecule has 2 unspecified atom stereocenters. The Bertz CT molecular complexity index is 567. The number of rotatable bonds is 2. The number of likely N-dealkylation sites (tertiary alicyclic amines) is 2. The first-order chi connectivity index (χ1) is 11.5. The second kappa shape index (κ2) is 7.32. The molecule has 0 aromatic carbocycles. The summed E-state index contributed by atoms with van der Waals surface area (Å²) in [6.07, 6.45) is 7.60. The molecule has 24 heavy (non-hydrogen) atoms. The topological polar surface area (TPSA) is 53.5 Å². The molecule has 2 aliphatic heterocycles. The van der Waals surface area contributed by atoms with E-state index in [-0.39, 0.29) is 11.8 Å². The Hall–Kier alpha value is -1.91. The maximum absolute atomic E-state index is 12.7. The SMILES string of the molecule is CC1CCCN(C(=O)c2cncc(C(=O)N3CCCC(C)C3)c2)C1. The monoisotopic (exact) mass is 329 g/mol. The lowest BCUT2D eigenvalue weighted by molar-refractivity contribution is 0.0679. The van der Waals surface area contributed by atoms with E-state index in [4.69, 9.17) is 0 Å². The van der Waals surface area contributed by atoms with E-state index in [2.05, 4.69) is 18.8 Å². The van der Waals surface area contributed by atoms with Crippen LogP contribution in [0.2, 0.25) is 0 Å². The van der Waals surface area contributed by atoms with Crippen LogP contribution in [0.25, 0.3) is 0 Å². The normalized spacial score (nSPS) is 24.8. The van der Waals surface area contributed by atoms with Gasteiger partial charge in [-0.15, -0.1) is 0 Å². The van der Waals surface area contributed by atoms with Crippen molar-refractivity contribution in [2.75, 3.05) is 26.2 Å². The first kappa shape index (κ1) is 16.9. The second-order valence-corrected chi connectivity index (χ2v) is 7.46. The Morgan fingerprint density at radius 2 is 1.38 bits per heavy atom. The van der Waals surface area contributed by atoms with Crippen molar-refractivity contribution in [1.29, 1.82) is 0 Å². The predicted molar refractivity (Wildman–Crippen MR) is 92.8 cm³/mol. The third kappa shape index (κ3) is 3.77. The van der Waals surface area contributed by atoms with Gasteiger partial charge in [-0.25, -0.2) is 0 Å². The molecule has 5 heteroatoms. The molecule has 2 fully saturated rings. The lowest BCUT2D eigenvalue weighted by Gasteiger charge is -2.32. The van der Waals surface area contributed by atoms with Gasteiger partial charge in [0.1, 0.15) is 0 Å². The van der Waals surface area contributed by atoms with Crippen molar-refractivity contribution in [3.63, 3.8) is 0 Å².